The van der Waals surface area contributed by atoms with Gasteiger partial charge in [0.2, 0.25) is 0 Å². The SMILES string of the molecule is CCCCc1ccc(C2=Cc3ccccc3C2)c(C)c1. The second-order valence-electron chi connectivity index (χ2n) is 5.80. The lowest BCUT2D eigenvalue weighted by Crippen LogP contribution is -1.93. The Morgan fingerprint density at radius 1 is 1.05 bits per heavy atom. The van der Waals surface area contributed by atoms with E-state index < -0.39 is 0 Å². The van der Waals surface area contributed by atoms with Gasteiger partial charge in [-0.05, 0) is 59.6 Å². The van der Waals surface area contributed by atoms with Crippen LogP contribution in [0.3, 0.4) is 0 Å². The van der Waals surface area contributed by atoms with Gasteiger partial charge in [0.05, 0.1) is 0 Å². The minimum Gasteiger partial charge on any atom is -0.0654 e. The van der Waals surface area contributed by atoms with Crippen molar-refractivity contribution in [2.45, 2.75) is 39.5 Å². The van der Waals surface area contributed by atoms with Crippen LogP contribution in [-0.2, 0) is 12.8 Å². The summed E-state index contributed by atoms with van der Waals surface area (Å²) in [6.45, 7) is 4.50. The second kappa shape index (κ2) is 5.66. The molecule has 0 heterocycles. The summed E-state index contributed by atoms with van der Waals surface area (Å²) in [7, 11) is 0. The van der Waals surface area contributed by atoms with Crippen LogP contribution in [0.4, 0.5) is 0 Å². The third-order valence-electron chi connectivity index (χ3n) is 4.22. The second-order valence-corrected chi connectivity index (χ2v) is 5.80. The molecule has 0 amide bonds. The molecule has 0 radical (unpaired) electrons. The summed E-state index contributed by atoms with van der Waals surface area (Å²) in [5.74, 6) is 0. The summed E-state index contributed by atoms with van der Waals surface area (Å²) in [6.07, 6.45) is 7.18. The summed E-state index contributed by atoms with van der Waals surface area (Å²) < 4.78 is 0. The van der Waals surface area contributed by atoms with E-state index in [-0.39, 0.29) is 0 Å². The highest BCUT2D eigenvalue weighted by Gasteiger charge is 2.14. The van der Waals surface area contributed by atoms with Crippen molar-refractivity contribution in [1.29, 1.82) is 0 Å². The number of unbranched alkanes of at least 4 members (excludes halogenated alkanes) is 1. The van der Waals surface area contributed by atoms with Crippen LogP contribution in [0.2, 0.25) is 0 Å². The fraction of sp³-hybridized carbons (Fsp3) is 0.300. The highest BCUT2D eigenvalue weighted by atomic mass is 14.2. The number of aryl methyl sites for hydroxylation is 2. The van der Waals surface area contributed by atoms with Crippen LogP contribution < -0.4 is 0 Å². The Hall–Kier alpha value is -1.82. The number of allylic oxidation sites excluding steroid dienone is 1. The van der Waals surface area contributed by atoms with E-state index in [1.165, 1.54) is 52.7 Å². The molecule has 0 bridgehead atoms. The maximum absolute atomic E-state index is 2.37. The van der Waals surface area contributed by atoms with Crippen LogP contribution >= 0.6 is 0 Å². The molecule has 0 fully saturated rings. The van der Waals surface area contributed by atoms with Gasteiger partial charge < -0.3 is 0 Å². The molecule has 20 heavy (non-hydrogen) atoms. The molecule has 0 N–H and O–H groups in total. The van der Waals surface area contributed by atoms with Crippen LogP contribution in [0.25, 0.3) is 11.6 Å². The highest BCUT2D eigenvalue weighted by molar-refractivity contribution is 5.89. The molecule has 1 aliphatic carbocycles. The minimum absolute atomic E-state index is 1.07. The lowest BCUT2D eigenvalue weighted by molar-refractivity contribution is 0.794. The first-order valence-electron chi connectivity index (χ1n) is 7.66. The van der Waals surface area contributed by atoms with Gasteiger partial charge in [-0.1, -0.05) is 61.9 Å². The molecular weight excluding hydrogens is 240 g/mol. The van der Waals surface area contributed by atoms with E-state index in [0.717, 1.165) is 6.42 Å². The van der Waals surface area contributed by atoms with Gasteiger partial charge >= 0.3 is 0 Å². The standard InChI is InChI=1S/C20H22/c1-3-4-7-16-10-11-20(15(2)12-16)19-13-17-8-5-6-9-18(17)14-19/h5-6,8-13H,3-4,7,14H2,1-2H3. The average Bonchev–Trinajstić information content (AvgIpc) is 2.88. The summed E-state index contributed by atoms with van der Waals surface area (Å²) >= 11 is 0. The first-order chi connectivity index (χ1) is 9.78. The predicted molar refractivity (Wildman–Crippen MR) is 87.8 cm³/mol. The molecule has 102 valence electrons. The Labute approximate surface area is 122 Å². The largest absolute Gasteiger partial charge is 0.0654 e. The van der Waals surface area contributed by atoms with E-state index >= 15 is 0 Å². The summed E-state index contributed by atoms with van der Waals surface area (Å²) in [6, 6.07) is 15.7. The monoisotopic (exact) mass is 262 g/mol. The Morgan fingerprint density at radius 2 is 1.90 bits per heavy atom. The van der Waals surface area contributed by atoms with Crippen LogP contribution in [-0.4, -0.2) is 0 Å². The van der Waals surface area contributed by atoms with Crippen LogP contribution in [0.1, 0.15) is 47.6 Å². The van der Waals surface area contributed by atoms with Gasteiger partial charge in [-0.3, -0.25) is 0 Å². The fourth-order valence-corrected chi connectivity index (χ4v) is 3.08. The van der Waals surface area contributed by atoms with E-state index in [4.69, 9.17) is 0 Å². The topological polar surface area (TPSA) is 0 Å². The molecule has 0 unspecified atom stereocenters. The Kier molecular flexibility index (Phi) is 3.73. The van der Waals surface area contributed by atoms with Crippen molar-refractivity contribution in [3.8, 4) is 0 Å². The smallest absolute Gasteiger partial charge is 0.00136 e. The molecule has 1 aliphatic rings. The normalized spacial score (nSPS) is 13.2. The van der Waals surface area contributed by atoms with Crippen molar-refractivity contribution in [3.63, 3.8) is 0 Å². The van der Waals surface area contributed by atoms with Crippen LogP contribution in [0.15, 0.2) is 42.5 Å². The molecule has 0 saturated heterocycles. The molecular formula is C20H22. The van der Waals surface area contributed by atoms with E-state index in [1.807, 2.05) is 0 Å². The van der Waals surface area contributed by atoms with Crippen molar-refractivity contribution >= 4 is 11.6 Å². The van der Waals surface area contributed by atoms with Gasteiger partial charge in [-0.25, -0.2) is 0 Å². The molecule has 0 atom stereocenters. The predicted octanol–water partition coefficient (Wildman–Crippen LogP) is 5.43. The third-order valence-corrected chi connectivity index (χ3v) is 4.22. The molecule has 2 aromatic carbocycles. The maximum atomic E-state index is 2.37. The fourth-order valence-electron chi connectivity index (χ4n) is 3.08. The van der Waals surface area contributed by atoms with Gasteiger partial charge in [0.25, 0.3) is 0 Å². The molecule has 2 aromatic rings. The number of hydrogen-bond donors (Lipinski definition) is 0. The number of hydrogen-bond acceptors (Lipinski definition) is 0. The molecule has 0 heteroatoms. The quantitative estimate of drug-likeness (QED) is 0.688. The molecule has 3 rings (SSSR count). The zero-order valence-electron chi connectivity index (χ0n) is 12.4. The lowest BCUT2D eigenvalue weighted by Gasteiger charge is -2.09. The van der Waals surface area contributed by atoms with Gasteiger partial charge in [0.1, 0.15) is 0 Å². The van der Waals surface area contributed by atoms with Crippen molar-refractivity contribution in [2.75, 3.05) is 0 Å². The van der Waals surface area contributed by atoms with Crippen LogP contribution in [0, 0.1) is 6.92 Å². The number of rotatable bonds is 4. The van der Waals surface area contributed by atoms with E-state index in [2.05, 4.69) is 62.4 Å². The Bertz CT molecular complexity index is 647. The average molecular weight is 262 g/mol. The van der Waals surface area contributed by atoms with E-state index in [1.54, 1.807) is 0 Å². The van der Waals surface area contributed by atoms with E-state index in [0.29, 0.717) is 0 Å². The summed E-state index contributed by atoms with van der Waals surface area (Å²) in [4.78, 5) is 0. The Morgan fingerprint density at radius 3 is 2.65 bits per heavy atom. The molecule has 0 aromatic heterocycles. The highest BCUT2D eigenvalue weighted by Crippen LogP contribution is 2.33. The van der Waals surface area contributed by atoms with Gasteiger partial charge in [-0.2, -0.15) is 0 Å². The summed E-state index contributed by atoms with van der Waals surface area (Å²) in [5.41, 5.74) is 8.61. The maximum Gasteiger partial charge on any atom is -0.00136 e. The van der Waals surface area contributed by atoms with Gasteiger partial charge in [-0.15, -0.1) is 0 Å². The first kappa shape index (κ1) is 13.2. The first-order valence-corrected chi connectivity index (χ1v) is 7.66. The zero-order valence-corrected chi connectivity index (χ0v) is 12.4. The third kappa shape index (κ3) is 2.56. The van der Waals surface area contributed by atoms with Crippen molar-refractivity contribution in [2.24, 2.45) is 0 Å². The summed E-state index contributed by atoms with van der Waals surface area (Å²) in [5, 5.41) is 0. The van der Waals surface area contributed by atoms with Crippen molar-refractivity contribution < 1.29 is 0 Å². The van der Waals surface area contributed by atoms with Gasteiger partial charge in [0.15, 0.2) is 0 Å². The Balaban J connectivity index is 1.86. The molecule has 0 spiro atoms. The van der Waals surface area contributed by atoms with Gasteiger partial charge in [0, 0.05) is 0 Å². The zero-order chi connectivity index (χ0) is 13.9. The molecule has 0 nitrogen and oxygen atoms in total. The number of benzene rings is 2. The number of fused-ring (bicyclic) bond motifs is 1. The lowest BCUT2D eigenvalue weighted by atomic mass is 9.95. The van der Waals surface area contributed by atoms with E-state index in [9.17, 15) is 0 Å². The van der Waals surface area contributed by atoms with Crippen LogP contribution in [0.5, 0.6) is 0 Å². The minimum atomic E-state index is 1.07. The van der Waals surface area contributed by atoms with Crippen molar-refractivity contribution in [1.82, 2.24) is 0 Å². The molecule has 0 aliphatic heterocycles. The molecule has 0 saturated carbocycles. The van der Waals surface area contributed by atoms with Crippen molar-refractivity contribution in [3.05, 3.63) is 70.3 Å².